The third-order valence-corrected chi connectivity index (χ3v) is 3.79. The molecule has 5 heteroatoms. The molecule has 1 aromatic heterocycles. The van der Waals surface area contributed by atoms with Crippen LogP contribution in [-0.2, 0) is 14.1 Å². The monoisotopic (exact) mass is 299 g/mol. The average Bonchev–Trinajstić information content (AvgIpc) is 2.74. The summed E-state index contributed by atoms with van der Waals surface area (Å²) in [5, 5.41) is 14.0. The van der Waals surface area contributed by atoms with E-state index in [1.54, 1.807) is 24.3 Å². The molecule has 2 aromatic carbocycles. The number of aryl methyl sites for hydroxylation is 1. The number of rotatable bonds is 2. The molecule has 3 rings (SSSR count). The Morgan fingerprint density at radius 1 is 1.14 bits per heavy atom. The van der Waals surface area contributed by atoms with E-state index in [1.165, 1.54) is 0 Å². The molecule has 21 heavy (non-hydrogen) atoms. The van der Waals surface area contributed by atoms with Gasteiger partial charge in [-0.15, -0.1) is 4.68 Å². The Bertz CT molecular complexity index is 835. The molecule has 0 N–H and O–H groups in total. The quantitative estimate of drug-likeness (QED) is 0.406. The Labute approximate surface area is 127 Å². The number of benzene rings is 2. The molecule has 4 nitrogen and oxygen atoms in total. The minimum absolute atomic E-state index is 0.267. The third kappa shape index (κ3) is 2.38. The van der Waals surface area contributed by atoms with Gasteiger partial charge >= 0.3 is 0 Å². The van der Waals surface area contributed by atoms with Crippen molar-refractivity contribution in [3.63, 3.8) is 0 Å². The second-order valence-electron chi connectivity index (χ2n) is 4.81. The number of hydrogen-bond donors (Lipinski definition) is 0. The molecule has 0 unspecified atom stereocenters. The minimum Gasteiger partial charge on any atom is -0.854 e. The van der Waals surface area contributed by atoms with Gasteiger partial charge in [-0.2, -0.15) is 4.68 Å². The van der Waals surface area contributed by atoms with Crippen LogP contribution in [0.2, 0.25) is 5.02 Å². The molecule has 0 radical (unpaired) electrons. The summed E-state index contributed by atoms with van der Waals surface area (Å²) in [6.45, 7) is 0. The maximum atomic E-state index is 12.5. The van der Waals surface area contributed by atoms with Crippen molar-refractivity contribution in [1.29, 1.82) is 0 Å². The molecule has 0 aliphatic carbocycles. The highest BCUT2D eigenvalue weighted by Gasteiger charge is 2.19. The van der Waals surface area contributed by atoms with Crippen LogP contribution in [0.5, 0.6) is 0 Å². The summed E-state index contributed by atoms with van der Waals surface area (Å²) in [7, 11) is 3.77. The molecule has 0 atom stereocenters. The van der Waals surface area contributed by atoms with E-state index >= 15 is 0 Å². The van der Waals surface area contributed by atoms with Crippen molar-refractivity contribution >= 4 is 34.1 Å². The number of aromatic nitrogens is 2. The van der Waals surface area contributed by atoms with Crippen LogP contribution in [0, 0.1) is 0 Å². The highest BCUT2D eigenvalue weighted by molar-refractivity contribution is 6.30. The fourth-order valence-electron chi connectivity index (χ4n) is 2.38. The van der Waals surface area contributed by atoms with E-state index in [2.05, 4.69) is 4.99 Å². The summed E-state index contributed by atoms with van der Waals surface area (Å²) in [5.41, 5.74) is 2.16. The van der Waals surface area contributed by atoms with E-state index in [9.17, 15) is 5.11 Å². The largest absolute Gasteiger partial charge is 0.854 e. The highest BCUT2D eigenvalue weighted by Crippen LogP contribution is 2.19. The Morgan fingerprint density at radius 2 is 1.81 bits per heavy atom. The lowest BCUT2D eigenvalue weighted by Gasteiger charge is -2.06. The Morgan fingerprint density at radius 3 is 2.52 bits per heavy atom. The normalized spacial score (nSPS) is 12.0. The molecule has 0 fully saturated rings. The first-order valence-electron chi connectivity index (χ1n) is 6.53. The zero-order chi connectivity index (χ0) is 15.0. The van der Waals surface area contributed by atoms with Crippen LogP contribution < -0.4 is 9.79 Å². The summed E-state index contributed by atoms with van der Waals surface area (Å²) in [4.78, 5) is 4.16. The predicted octanol–water partition coefficient (Wildman–Crippen LogP) is 2.09. The van der Waals surface area contributed by atoms with Gasteiger partial charge in [0.15, 0.2) is 7.05 Å². The number of aliphatic imine (C=N–C) groups is 1. The lowest BCUT2D eigenvalue weighted by atomic mass is 10.2. The maximum absolute atomic E-state index is 12.5. The van der Waals surface area contributed by atoms with Crippen LogP contribution in [0.15, 0.2) is 53.5 Å². The molecule has 0 bridgehead atoms. The predicted molar refractivity (Wildman–Crippen MR) is 81.7 cm³/mol. The van der Waals surface area contributed by atoms with Gasteiger partial charge in [0.25, 0.3) is 0 Å². The summed E-state index contributed by atoms with van der Waals surface area (Å²) in [6.07, 6.45) is 0. The summed E-state index contributed by atoms with van der Waals surface area (Å²) >= 11 is 5.84. The second-order valence-corrected chi connectivity index (χ2v) is 5.24. The van der Waals surface area contributed by atoms with E-state index in [0.29, 0.717) is 16.4 Å². The van der Waals surface area contributed by atoms with E-state index in [4.69, 9.17) is 11.6 Å². The van der Waals surface area contributed by atoms with Crippen molar-refractivity contribution < 1.29 is 9.79 Å². The van der Waals surface area contributed by atoms with Crippen molar-refractivity contribution in [2.45, 2.75) is 0 Å². The Hall–Kier alpha value is -2.33. The molecule has 0 aliphatic rings. The van der Waals surface area contributed by atoms with Gasteiger partial charge in [-0.25, -0.2) is 0 Å². The number of para-hydroxylation sites is 1. The van der Waals surface area contributed by atoms with Crippen molar-refractivity contribution in [3.05, 3.63) is 59.2 Å². The van der Waals surface area contributed by atoms with Gasteiger partial charge in [0.1, 0.15) is 5.52 Å². The zero-order valence-electron chi connectivity index (χ0n) is 11.7. The molecule has 0 aliphatic heterocycles. The Balaban J connectivity index is 2.15. The first kappa shape index (κ1) is 13.6. The van der Waals surface area contributed by atoms with Crippen molar-refractivity contribution in [1.82, 2.24) is 4.68 Å². The van der Waals surface area contributed by atoms with Gasteiger partial charge in [-0.3, -0.25) is 4.99 Å². The second kappa shape index (κ2) is 5.22. The number of fused-ring (bicyclic) bond motifs is 1. The van der Waals surface area contributed by atoms with Crippen LogP contribution in [0.1, 0.15) is 5.69 Å². The molecule has 106 valence electrons. The molecule has 0 spiro atoms. The summed E-state index contributed by atoms with van der Waals surface area (Å²) < 4.78 is 3.74. The van der Waals surface area contributed by atoms with Gasteiger partial charge in [-0.1, -0.05) is 23.7 Å². The van der Waals surface area contributed by atoms with Gasteiger partial charge in [0, 0.05) is 5.02 Å². The van der Waals surface area contributed by atoms with Gasteiger partial charge < -0.3 is 5.11 Å². The van der Waals surface area contributed by atoms with Crippen LogP contribution in [0.4, 0.5) is 5.69 Å². The van der Waals surface area contributed by atoms with Crippen LogP contribution in [0.25, 0.3) is 10.9 Å². The van der Waals surface area contributed by atoms with Crippen LogP contribution in [-0.4, -0.2) is 10.6 Å². The minimum atomic E-state index is -0.267. The summed E-state index contributed by atoms with van der Waals surface area (Å²) in [6, 6.07) is 14.7. The maximum Gasteiger partial charge on any atom is 0.249 e. The first-order valence-corrected chi connectivity index (χ1v) is 6.91. The molecule has 0 saturated carbocycles. The van der Waals surface area contributed by atoms with Crippen LogP contribution >= 0.6 is 11.6 Å². The van der Waals surface area contributed by atoms with E-state index in [0.717, 1.165) is 10.9 Å². The Kier molecular flexibility index (Phi) is 3.39. The average molecular weight is 300 g/mol. The van der Waals surface area contributed by atoms with Gasteiger partial charge in [0.2, 0.25) is 5.69 Å². The number of halogens is 1. The molecular weight excluding hydrogens is 286 g/mol. The number of hydrogen-bond acceptors (Lipinski definition) is 2. The zero-order valence-corrected chi connectivity index (χ0v) is 12.5. The van der Waals surface area contributed by atoms with Gasteiger partial charge in [0.05, 0.1) is 24.0 Å². The van der Waals surface area contributed by atoms with E-state index in [-0.39, 0.29) is 5.90 Å². The fraction of sp³-hybridized carbons (Fsp3) is 0.125. The van der Waals surface area contributed by atoms with E-state index < -0.39 is 0 Å². The van der Waals surface area contributed by atoms with Crippen molar-refractivity contribution in [2.75, 3.05) is 0 Å². The molecule has 0 saturated heterocycles. The summed E-state index contributed by atoms with van der Waals surface area (Å²) in [5.74, 6) is -0.267. The van der Waals surface area contributed by atoms with Crippen molar-refractivity contribution in [2.24, 2.45) is 19.1 Å². The lowest BCUT2D eigenvalue weighted by molar-refractivity contribution is -0.751. The highest BCUT2D eigenvalue weighted by atomic mass is 35.5. The van der Waals surface area contributed by atoms with Gasteiger partial charge in [-0.05, 0) is 36.4 Å². The molecule has 0 amide bonds. The standard InChI is InChI=1S/C16H14ClN3O/c1-19-14-6-4-3-5-13(14)15(20(19)2)16(21)18-12-9-7-11(17)8-10-12/h3-10H,1-2H3. The fourth-order valence-corrected chi connectivity index (χ4v) is 2.51. The molecular formula is C16H14ClN3O. The van der Waals surface area contributed by atoms with Crippen LogP contribution in [0.3, 0.4) is 0 Å². The topological polar surface area (TPSA) is 44.2 Å². The lowest BCUT2D eigenvalue weighted by Crippen LogP contribution is -2.44. The number of nitrogens with zero attached hydrogens (tertiary/aromatic N) is 3. The van der Waals surface area contributed by atoms with E-state index in [1.807, 2.05) is 47.7 Å². The smallest absolute Gasteiger partial charge is 0.249 e. The first-order chi connectivity index (χ1) is 10.1. The molecule has 1 heterocycles. The van der Waals surface area contributed by atoms with Crippen molar-refractivity contribution in [3.8, 4) is 0 Å². The SMILES string of the molecule is Cn1c2ccccc2c(C([O-])=Nc2ccc(Cl)cc2)[n+]1C. The molecule has 3 aromatic rings. The third-order valence-electron chi connectivity index (χ3n) is 3.54.